The third-order valence-corrected chi connectivity index (χ3v) is 5.47. The fraction of sp³-hybridized carbons (Fsp3) is 0.385. The molecule has 0 spiro atoms. The predicted molar refractivity (Wildman–Crippen MR) is 129 cm³/mol. The zero-order valence-electron chi connectivity index (χ0n) is 19.1. The lowest BCUT2D eigenvalue weighted by Crippen LogP contribution is -2.10. The number of hydrogen-bond donors (Lipinski definition) is 1. The van der Waals surface area contributed by atoms with E-state index in [9.17, 15) is 9.18 Å². The van der Waals surface area contributed by atoms with E-state index in [-0.39, 0.29) is 11.8 Å². The summed E-state index contributed by atoms with van der Waals surface area (Å²) in [5.74, 6) is 0.0400. The quantitative estimate of drug-likeness (QED) is 0.317. The third-order valence-electron chi connectivity index (χ3n) is 5.10. The van der Waals surface area contributed by atoms with Crippen LogP contribution in [-0.2, 0) is 17.6 Å². The summed E-state index contributed by atoms with van der Waals surface area (Å²) in [5, 5.41) is 8.14. The largest absolute Gasteiger partial charge is 0.462 e. The predicted octanol–water partition coefficient (Wildman–Crippen LogP) is 7.28. The Morgan fingerprint density at radius 2 is 2.00 bits per heavy atom. The minimum Gasteiger partial charge on any atom is -0.462 e. The average molecular weight is 459 g/mol. The molecule has 1 aromatic carbocycles. The van der Waals surface area contributed by atoms with Crippen LogP contribution in [0.15, 0.2) is 60.5 Å². The number of carbonyl (C=O) groups excluding carboxylic acids is 1. The lowest BCUT2D eigenvalue weighted by molar-refractivity contribution is 0.0524. The molecule has 32 heavy (non-hydrogen) atoms. The number of nitrogens with one attached hydrogen (secondary N) is 1. The van der Waals surface area contributed by atoms with Crippen LogP contribution in [0, 0.1) is 0 Å². The van der Waals surface area contributed by atoms with Gasteiger partial charge in [-0.25, -0.2) is 9.18 Å². The van der Waals surface area contributed by atoms with Crippen molar-refractivity contribution in [1.29, 1.82) is 0 Å². The molecule has 6 heteroatoms. The Balaban J connectivity index is 0.000000309. The highest BCUT2D eigenvalue weighted by Gasteiger charge is 2.33. The summed E-state index contributed by atoms with van der Waals surface area (Å²) in [7, 11) is 0. The van der Waals surface area contributed by atoms with Crippen LogP contribution in [0.4, 0.5) is 4.39 Å². The molecule has 1 aromatic heterocycles. The fourth-order valence-electron chi connectivity index (χ4n) is 3.03. The second kappa shape index (κ2) is 13.0. The Morgan fingerprint density at radius 1 is 1.28 bits per heavy atom. The van der Waals surface area contributed by atoms with Crippen molar-refractivity contribution in [3.63, 3.8) is 0 Å². The van der Waals surface area contributed by atoms with E-state index >= 15 is 0 Å². The van der Waals surface area contributed by atoms with Crippen LogP contribution in [0.1, 0.15) is 73.3 Å². The molecular weight excluding hydrogens is 427 g/mol. The van der Waals surface area contributed by atoms with E-state index in [2.05, 4.69) is 16.8 Å². The lowest BCUT2D eigenvalue weighted by atomic mass is 10.0. The smallest absolute Gasteiger partial charge is 0.341 e. The molecule has 1 N–H and O–H groups in total. The molecule has 1 heterocycles. The first kappa shape index (κ1) is 25.6. The van der Waals surface area contributed by atoms with Crippen LogP contribution in [0.2, 0.25) is 5.02 Å². The number of H-pyrrole nitrogens is 1. The first-order chi connectivity index (χ1) is 15.4. The molecule has 1 aliphatic carbocycles. The van der Waals surface area contributed by atoms with Crippen LogP contribution in [0.25, 0.3) is 0 Å². The summed E-state index contributed by atoms with van der Waals surface area (Å²) in [5.41, 5.74) is 4.40. The van der Waals surface area contributed by atoms with E-state index in [4.69, 9.17) is 16.3 Å². The van der Waals surface area contributed by atoms with Crippen LogP contribution < -0.4 is 0 Å². The Morgan fingerprint density at radius 3 is 2.59 bits per heavy atom. The SMILES string of the molecule is C=C/C(C)=C\C=C(\F)CC.CCOC(=O)c1c(C2CC2)n[nH]c1CCc1ccccc1Cl. The standard InChI is InChI=1S/C17H19ClN2O2.C9H13F/c1-2-22-17(21)15-14(19-20-16(15)12-7-8-12)10-9-11-5-3-4-6-13(11)18;1-4-8(3)6-7-9(10)5-2/h3-6,12H,2,7-10H2,1H3,(H,19,20);4,6-7H,1,5H2,2-3H3/b;8-6-,9-7+. The van der Waals surface area contributed by atoms with E-state index in [1.54, 1.807) is 19.1 Å². The van der Waals surface area contributed by atoms with Gasteiger partial charge in [0.25, 0.3) is 0 Å². The van der Waals surface area contributed by atoms with Gasteiger partial charge in [0.05, 0.1) is 23.8 Å². The second-order valence-corrected chi connectivity index (χ2v) is 8.04. The number of ether oxygens (including phenoxy) is 1. The Hall–Kier alpha value is -2.66. The molecule has 4 nitrogen and oxygen atoms in total. The zero-order valence-corrected chi connectivity index (χ0v) is 19.8. The Kier molecular flexibility index (Phi) is 10.4. The van der Waals surface area contributed by atoms with Gasteiger partial charge in [-0.15, -0.1) is 0 Å². The molecule has 0 amide bonds. The number of carbonyl (C=O) groups is 1. The summed E-state index contributed by atoms with van der Waals surface area (Å²) in [4.78, 5) is 12.2. The summed E-state index contributed by atoms with van der Waals surface area (Å²) < 4.78 is 17.6. The monoisotopic (exact) mass is 458 g/mol. The lowest BCUT2D eigenvalue weighted by Gasteiger charge is -2.06. The molecular formula is C26H32ClFN2O2. The molecule has 0 saturated heterocycles. The third kappa shape index (κ3) is 7.79. The van der Waals surface area contributed by atoms with Crippen molar-refractivity contribution in [2.75, 3.05) is 6.61 Å². The van der Waals surface area contributed by atoms with Gasteiger partial charge in [-0.2, -0.15) is 5.10 Å². The number of rotatable bonds is 9. The summed E-state index contributed by atoms with van der Waals surface area (Å²) in [6.07, 6.45) is 8.99. The van der Waals surface area contributed by atoms with E-state index < -0.39 is 0 Å². The topological polar surface area (TPSA) is 55.0 Å². The molecule has 172 valence electrons. The number of hydrogen-bond acceptors (Lipinski definition) is 3. The molecule has 1 saturated carbocycles. The number of halogens is 2. The van der Waals surface area contributed by atoms with Crippen molar-refractivity contribution >= 4 is 17.6 Å². The van der Waals surface area contributed by atoms with Gasteiger partial charge in [0.1, 0.15) is 5.56 Å². The van der Waals surface area contributed by atoms with Gasteiger partial charge < -0.3 is 4.74 Å². The van der Waals surface area contributed by atoms with Crippen LogP contribution in [-0.4, -0.2) is 22.8 Å². The van der Waals surface area contributed by atoms with Crippen molar-refractivity contribution in [2.45, 2.75) is 58.8 Å². The molecule has 0 bridgehead atoms. The van der Waals surface area contributed by atoms with Gasteiger partial charge in [-0.05, 0) is 63.7 Å². The number of allylic oxidation sites excluding steroid dienone is 5. The molecule has 0 atom stereocenters. The molecule has 2 aromatic rings. The van der Waals surface area contributed by atoms with Crippen molar-refractivity contribution in [2.24, 2.45) is 0 Å². The first-order valence-corrected chi connectivity index (χ1v) is 11.4. The van der Waals surface area contributed by atoms with Crippen LogP contribution >= 0.6 is 11.6 Å². The molecule has 0 aliphatic heterocycles. The van der Waals surface area contributed by atoms with Crippen molar-refractivity contribution in [3.05, 3.63) is 88.0 Å². The van der Waals surface area contributed by atoms with Gasteiger partial charge in [-0.3, -0.25) is 5.10 Å². The van der Waals surface area contributed by atoms with E-state index in [0.717, 1.165) is 46.8 Å². The normalized spacial score (nSPS) is 13.9. The maximum atomic E-state index is 12.4. The number of nitrogens with zero attached hydrogens (tertiary/aromatic N) is 1. The number of aromatic amines is 1. The Labute approximate surface area is 195 Å². The summed E-state index contributed by atoms with van der Waals surface area (Å²) in [6.45, 7) is 9.40. The highest BCUT2D eigenvalue weighted by molar-refractivity contribution is 6.31. The van der Waals surface area contributed by atoms with Gasteiger partial charge in [-0.1, -0.05) is 61.0 Å². The zero-order chi connectivity index (χ0) is 23.5. The second-order valence-electron chi connectivity index (χ2n) is 7.63. The highest BCUT2D eigenvalue weighted by atomic mass is 35.5. The van der Waals surface area contributed by atoms with Gasteiger partial charge in [0.2, 0.25) is 0 Å². The summed E-state index contributed by atoms with van der Waals surface area (Å²) in [6, 6.07) is 7.77. The number of aryl methyl sites for hydroxylation is 2. The molecule has 0 unspecified atom stereocenters. The number of benzene rings is 1. The summed E-state index contributed by atoms with van der Waals surface area (Å²) >= 11 is 6.19. The first-order valence-electron chi connectivity index (χ1n) is 11.0. The number of aromatic nitrogens is 2. The van der Waals surface area contributed by atoms with Crippen molar-refractivity contribution in [1.82, 2.24) is 10.2 Å². The maximum absolute atomic E-state index is 12.4. The minimum absolute atomic E-state index is 0.0961. The van der Waals surface area contributed by atoms with Gasteiger partial charge >= 0.3 is 5.97 Å². The number of esters is 1. The van der Waals surface area contributed by atoms with Gasteiger partial charge in [0, 0.05) is 10.9 Å². The molecule has 1 fully saturated rings. The molecule has 1 aliphatic rings. The Bertz CT molecular complexity index is 974. The fourth-order valence-corrected chi connectivity index (χ4v) is 3.26. The van der Waals surface area contributed by atoms with E-state index in [0.29, 0.717) is 30.9 Å². The van der Waals surface area contributed by atoms with Crippen LogP contribution in [0.3, 0.4) is 0 Å². The molecule has 3 rings (SSSR count). The minimum atomic E-state index is -0.271. The highest BCUT2D eigenvalue weighted by Crippen LogP contribution is 2.41. The van der Waals surface area contributed by atoms with E-state index in [1.807, 2.05) is 38.1 Å². The molecule has 0 radical (unpaired) electrons. The maximum Gasteiger partial charge on any atom is 0.341 e. The van der Waals surface area contributed by atoms with Crippen molar-refractivity contribution < 1.29 is 13.9 Å². The van der Waals surface area contributed by atoms with E-state index in [1.165, 1.54) is 6.08 Å². The average Bonchev–Trinajstić information content (AvgIpc) is 3.56. The van der Waals surface area contributed by atoms with Crippen LogP contribution in [0.5, 0.6) is 0 Å². The van der Waals surface area contributed by atoms with Gasteiger partial charge in [0.15, 0.2) is 0 Å². The van der Waals surface area contributed by atoms with Crippen molar-refractivity contribution in [3.8, 4) is 0 Å².